The first-order valence-electron chi connectivity index (χ1n) is 8.85. The summed E-state index contributed by atoms with van der Waals surface area (Å²) in [6.45, 7) is 4.12. The summed E-state index contributed by atoms with van der Waals surface area (Å²) in [5.74, 6) is 1.07. The molecule has 0 aliphatic rings. The van der Waals surface area contributed by atoms with E-state index in [9.17, 15) is 4.79 Å². The molecule has 1 aromatic heterocycles. The molecule has 7 heteroatoms. The molecule has 0 spiro atoms. The van der Waals surface area contributed by atoms with Crippen molar-refractivity contribution in [2.75, 3.05) is 17.2 Å². The molecule has 3 aromatic rings. The number of nitrogens with zero attached hydrogens (tertiary/aromatic N) is 2. The van der Waals surface area contributed by atoms with Crippen LogP contribution in [0.1, 0.15) is 17.8 Å². The second-order valence-corrected chi connectivity index (χ2v) is 6.72. The Morgan fingerprint density at radius 1 is 1.00 bits per heavy atom. The van der Waals surface area contributed by atoms with Crippen LogP contribution >= 0.6 is 11.6 Å². The fourth-order valence-electron chi connectivity index (χ4n) is 2.60. The van der Waals surface area contributed by atoms with Gasteiger partial charge in [-0.25, -0.2) is 9.97 Å². The van der Waals surface area contributed by atoms with Gasteiger partial charge in [0.2, 0.25) is 11.9 Å². The van der Waals surface area contributed by atoms with Crippen LogP contribution in [0.2, 0.25) is 5.02 Å². The summed E-state index contributed by atoms with van der Waals surface area (Å²) in [6, 6.07) is 16.3. The van der Waals surface area contributed by atoms with Crippen LogP contribution in [-0.2, 0) is 4.79 Å². The Balaban J connectivity index is 1.53. The van der Waals surface area contributed by atoms with Gasteiger partial charge in [0.15, 0.2) is 0 Å². The van der Waals surface area contributed by atoms with Crippen molar-refractivity contribution in [1.82, 2.24) is 9.97 Å². The molecule has 144 valence electrons. The summed E-state index contributed by atoms with van der Waals surface area (Å²) in [6.07, 6.45) is 0.237. The van der Waals surface area contributed by atoms with E-state index in [1.165, 1.54) is 0 Å². The number of carbonyl (C=O) groups excluding carboxylic acids is 1. The molecule has 1 heterocycles. The standard InChI is InChI=1S/C21H21ClN4O2/c1-14-12-15(2)24-21(23-14)26-18-5-3-4-17(13-18)25-20(27)10-11-28-19-8-6-16(22)7-9-19/h3-9,12-13H,10-11H2,1-2H3,(H,25,27)(H,23,24,26). The zero-order valence-corrected chi connectivity index (χ0v) is 16.5. The number of aryl methyl sites for hydroxylation is 2. The summed E-state index contributed by atoms with van der Waals surface area (Å²) in [5.41, 5.74) is 3.26. The number of aromatic nitrogens is 2. The summed E-state index contributed by atoms with van der Waals surface area (Å²) < 4.78 is 5.55. The molecule has 0 aliphatic heterocycles. The highest BCUT2D eigenvalue weighted by molar-refractivity contribution is 6.30. The Bertz CT molecular complexity index is 941. The largest absolute Gasteiger partial charge is 0.493 e. The van der Waals surface area contributed by atoms with Gasteiger partial charge in [-0.3, -0.25) is 4.79 Å². The Morgan fingerprint density at radius 2 is 1.68 bits per heavy atom. The molecule has 28 heavy (non-hydrogen) atoms. The van der Waals surface area contributed by atoms with Gasteiger partial charge in [0, 0.05) is 27.8 Å². The summed E-state index contributed by atoms with van der Waals surface area (Å²) in [4.78, 5) is 20.9. The Labute approximate surface area is 168 Å². The number of amides is 1. The van der Waals surface area contributed by atoms with Gasteiger partial charge in [-0.2, -0.15) is 0 Å². The highest BCUT2D eigenvalue weighted by atomic mass is 35.5. The van der Waals surface area contributed by atoms with Crippen molar-refractivity contribution in [2.45, 2.75) is 20.3 Å². The van der Waals surface area contributed by atoms with Crippen molar-refractivity contribution in [3.8, 4) is 5.75 Å². The minimum atomic E-state index is -0.131. The van der Waals surface area contributed by atoms with Crippen molar-refractivity contribution in [2.24, 2.45) is 0 Å². The number of ether oxygens (including phenoxy) is 1. The number of anilines is 3. The summed E-state index contributed by atoms with van der Waals surface area (Å²) in [5, 5.41) is 6.67. The lowest BCUT2D eigenvalue weighted by atomic mass is 10.2. The van der Waals surface area contributed by atoms with Crippen LogP contribution in [0, 0.1) is 13.8 Å². The average molecular weight is 397 g/mol. The van der Waals surface area contributed by atoms with Crippen LogP contribution in [0.4, 0.5) is 17.3 Å². The lowest BCUT2D eigenvalue weighted by Gasteiger charge is -2.10. The topological polar surface area (TPSA) is 76.1 Å². The highest BCUT2D eigenvalue weighted by Gasteiger charge is 2.05. The summed E-state index contributed by atoms with van der Waals surface area (Å²) in [7, 11) is 0. The van der Waals surface area contributed by atoms with Gasteiger partial charge in [-0.15, -0.1) is 0 Å². The smallest absolute Gasteiger partial charge is 0.227 e. The molecular formula is C21H21ClN4O2. The quantitative estimate of drug-likeness (QED) is 0.594. The molecule has 2 aromatic carbocycles. The first-order chi connectivity index (χ1) is 13.5. The van der Waals surface area contributed by atoms with E-state index in [4.69, 9.17) is 16.3 Å². The minimum Gasteiger partial charge on any atom is -0.493 e. The van der Waals surface area contributed by atoms with Crippen molar-refractivity contribution < 1.29 is 9.53 Å². The molecular weight excluding hydrogens is 376 g/mol. The Kier molecular flexibility index (Phi) is 6.45. The van der Waals surface area contributed by atoms with E-state index in [-0.39, 0.29) is 18.9 Å². The van der Waals surface area contributed by atoms with E-state index in [0.717, 1.165) is 17.1 Å². The van der Waals surface area contributed by atoms with Crippen LogP contribution in [-0.4, -0.2) is 22.5 Å². The highest BCUT2D eigenvalue weighted by Crippen LogP contribution is 2.19. The fourth-order valence-corrected chi connectivity index (χ4v) is 2.73. The lowest BCUT2D eigenvalue weighted by Crippen LogP contribution is -2.15. The summed E-state index contributed by atoms with van der Waals surface area (Å²) >= 11 is 5.83. The van der Waals surface area contributed by atoms with Gasteiger partial charge in [-0.05, 0) is 62.4 Å². The molecule has 0 unspecified atom stereocenters. The second-order valence-electron chi connectivity index (χ2n) is 6.28. The van der Waals surface area contributed by atoms with E-state index >= 15 is 0 Å². The van der Waals surface area contributed by atoms with E-state index in [1.54, 1.807) is 24.3 Å². The third kappa shape index (κ3) is 5.96. The van der Waals surface area contributed by atoms with Gasteiger partial charge in [0.05, 0.1) is 13.0 Å². The fraction of sp³-hybridized carbons (Fsp3) is 0.190. The molecule has 6 nitrogen and oxygen atoms in total. The maximum Gasteiger partial charge on any atom is 0.227 e. The zero-order chi connectivity index (χ0) is 19.9. The number of rotatable bonds is 7. The third-order valence-corrected chi connectivity index (χ3v) is 4.05. The molecule has 0 saturated carbocycles. The molecule has 2 N–H and O–H groups in total. The first-order valence-corrected chi connectivity index (χ1v) is 9.23. The third-order valence-electron chi connectivity index (χ3n) is 3.80. The number of benzene rings is 2. The normalized spacial score (nSPS) is 10.4. The number of carbonyl (C=O) groups is 1. The maximum atomic E-state index is 12.2. The van der Waals surface area contributed by atoms with Crippen molar-refractivity contribution in [3.05, 3.63) is 71.0 Å². The predicted molar refractivity (Wildman–Crippen MR) is 111 cm³/mol. The van der Waals surface area contributed by atoms with Crippen molar-refractivity contribution in [3.63, 3.8) is 0 Å². The first kappa shape index (κ1) is 19.6. The van der Waals surface area contributed by atoms with Gasteiger partial charge in [0.25, 0.3) is 0 Å². The van der Waals surface area contributed by atoms with E-state index in [1.807, 2.05) is 44.2 Å². The molecule has 0 radical (unpaired) electrons. The molecule has 0 saturated heterocycles. The predicted octanol–water partition coefficient (Wildman–Crippen LogP) is 4.90. The van der Waals surface area contributed by atoms with Gasteiger partial charge in [-0.1, -0.05) is 17.7 Å². The van der Waals surface area contributed by atoms with Crippen LogP contribution in [0.25, 0.3) is 0 Å². The van der Waals surface area contributed by atoms with Crippen LogP contribution in [0.15, 0.2) is 54.6 Å². The maximum absolute atomic E-state index is 12.2. The van der Waals surface area contributed by atoms with E-state index < -0.39 is 0 Å². The van der Waals surface area contributed by atoms with E-state index in [0.29, 0.717) is 22.4 Å². The average Bonchev–Trinajstić information content (AvgIpc) is 2.63. The Morgan fingerprint density at radius 3 is 2.39 bits per heavy atom. The number of halogens is 1. The van der Waals surface area contributed by atoms with Crippen LogP contribution in [0.5, 0.6) is 5.75 Å². The number of hydrogen-bond donors (Lipinski definition) is 2. The van der Waals surface area contributed by atoms with Gasteiger partial charge < -0.3 is 15.4 Å². The zero-order valence-electron chi connectivity index (χ0n) is 15.7. The molecule has 0 atom stereocenters. The van der Waals surface area contributed by atoms with Gasteiger partial charge in [0.1, 0.15) is 5.75 Å². The van der Waals surface area contributed by atoms with Gasteiger partial charge >= 0.3 is 0 Å². The Hall–Kier alpha value is -3.12. The minimum absolute atomic E-state index is 0.131. The van der Waals surface area contributed by atoms with E-state index in [2.05, 4.69) is 20.6 Å². The monoisotopic (exact) mass is 396 g/mol. The molecule has 3 rings (SSSR count). The SMILES string of the molecule is Cc1cc(C)nc(Nc2cccc(NC(=O)CCOc3ccc(Cl)cc3)c2)n1. The molecule has 1 amide bonds. The number of nitrogens with one attached hydrogen (secondary N) is 2. The number of hydrogen-bond acceptors (Lipinski definition) is 5. The molecule has 0 fully saturated rings. The van der Waals surface area contributed by atoms with Crippen LogP contribution < -0.4 is 15.4 Å². The molecule has 0 bridgehead atoms. The van der Waals surface area contributed by atoms with Crippen molar-refractivity contribution >= 4 is 34.8 Å². The molecule has 0 aliphatic carbocycles. The lowest BCUT2D eigenvalue weighted by molar-refractivity contribution is -0.116. The second kappa shape index (κ2) is 9.19. The van der Waals surface area contributed by atoms with Crippen LogP contribution in [0.3, 0.4) is 0 Å². The van der Waals surface area contributed by atoms with Crippen molar-refractivity contribution in [1.29, 1.82) is 0 Å².